The van der Waals surface area contributed by atoms with Gasteiger partial charge >= 0.3 is 0 Å². The molecule has 0 amide bonds. The van der Waals surface area contributed by atoms with Gasteiger partial charge in [-0.3, -0.25) is 0 Å². The van der Waals surface area contributed by atoms with Crippen molar-refractivity contribution < 1.29 is 0 Å². The summed E-state index contributed by atoms with van der Waals surface area (Å²) in [5, 5.41) is 12.4. The number of hydrogen-bond acceptors (Lipinski definition) is 4. The smallest absolute Gasteiger partial charge is 0.267 e. The fourth-order valence-electron chi connectivity index (χ4n) is 2.18. The minimum Gasteiger partial charge on any atom is -0.370 e. The summed E-state index contributed by atoms with van der Waals surface area (Å²) in [5.74, 6) is 3.75. The molecule has 6 heteroatoms. The molecule has 2 rings (SSSR count). The number of nitrogens with one attached hydrogen (secondary N) is 1. The molecule has 17 heavy (non-hydrogen) atoms. The maximum Gasteiger partial charge on any atom is 0.267 e. The predicted octanol–water partition coefficient (Wildman–Crippen LogP) is 2.51. The van der Waals surface area contributed by atoms with Gasteiger partial charge in [0.15, 0.2) is 0 Å². The van der Waals surface area contributed by atoms with E-state index in [4.69, 9.17) is 16.9 Å². The van der Waals surface area contributed by atoms with Crippen molar-refractivity contribution in [2.45, 2.75) is 25.5 Å². The van der Waals surface area contributed by atoms with E-state index in [9.17, 15) is 0 Å². The zero-order valence-corrected chi connectivity index (χ0v) is 10.3. The molecule has 1 aliphatic rings. The Kier molecular flexibility index (Phi) is 4.21. The molecule has 4 nitrogen and oxygen atoms in total. The van der Waals surface area contributed by atoms with Crippen molar-refractivity contribution in [3.8, 4) is 5.97 Å². The first-order chi connectivity index (χ1) is 8.28. The molecule has 0 radical (unpaired) electrons. The maximum atomic E-state index is 8.82. The molecule has 0 unspecified atom stereocenters. The molecule has 0 aliphatic carbocycles. The molecule has 0 bridgehead atoms. The summed E-state index contributed by atoms with van der Waals surface area (Å²) in [6.45, 7) is 1.16. The van der Waals surface area contributed by atoms with Gasteiger partial charge in [-0.1, -0.05) is 25.5 Å². The lowest BCUT2D eigenvalue weighted by molar-refractivity contribution is 0.497. The first kappa shape index (κ1) is 12.2. The van der Waals surface area contributed by atoms with Crippen molar-refractivity contribution in [1.29, 1.82) is 5.26 Å². The van der Waals surface area contributed by atoms with Crippen LogP contribution in [0.1, 0.15) is 12.8 Å². The minimum absolute atomic E-state index is 0.264. The zero-order chi connectivity index (χ0) is 12.1. The molecule has 88 valence electrons. The molecule has 0 atom stereocenters. The molecular weight excluding hydrogens is 234 g/mol. The highest BCUT2D eigenvalue weighted by Gasteiger charge is 2.23. The lowest BCUT2D eigenvalue weighted by Crippen LogP contribution is -2.24. The number of nitriles is 1. The second-order valence-electron chi connectivity index (χ2n) is 4.44. The van der Waals surface area contributed by atoms with Crippen LogP contribution in [-0.2, 0) is 0 Å². The highest BCUT2D eigenvalue weighted by molar-refractivity contribution is 6.67. The number of anilines is 1. The summed E-state index contributed by atoms with van der Waals surface area (Å²) in [6, 6.07) is 1.81. The fourth-order valence-corrected chi connectivity index (χ4v) is 2.33. The van der Waals surface area contributed by atoms with Gasteiger partial charge in [0.2, 0.25) is 5.28 Å². The fraction of sp³-hybridized carbons (Fsp3) is 0.545. The Balaban J connectivity index is 1.78. The molecule has 1 aromatic heterocycles. The van der Waals surface area contributed by atoms with Gasteiger partial charge in [0.1, 0.15) is 5.82 Å². The number of rotatable bonds is 3. The van der Waals surface area contributed by atoms with E-state index < -0.39 is 0 Å². The molecule has 2 heterocycles. The van der Waals surface area contributed by atoms with E-state index in [0.717, 1.165) is 37.8 Å². The molecule has 0 saturated carbocycles. The maximum absolute atomic E-state index is 8.82. The molecule has 1 fully saturated rings. The third-order valence-electron chi connectivity index (χ3n) is 3.23. The Morgan fingerprint density at radius 3 is 2.94 bits per heavy atom. The average molecular weight is 249 g/mol. The van der Waals surface area contributed by atoms with Crippen molar-refractivity contribution in [3.05, 3.63) is 17.5 Å². The average Bonchev–Trinajstić information content (AvgIpc) is 2.37. The number of hydrogen-bond donors (Lipinski definition) is 1. The monoisotopic (exact) mass is 248 g/mol. The molecule has 1 N–H and O–H groups in total. The van der Waals surface area contributed by atoms with Crippen molar-refractivity contribution in [2.24, 2.45) is 5.92 Å². The van der Waals surface area contributed by atoms with Crippen LogP contribution in [0.3, 0.4) is 0 Å². The number of nitrogens with zero attached hydrogens (tertiary/aromatic N) is 3. The zero-order valence-electron chi connectivity index (χ0n) is 9.56. The second kappa shape index (κ2) is 5.88. The van der Waals surface area contributed by atoms with Gasteiger partial charge in [0.25, 0.3) is 6.71 Å². The van der Waals surface area contributed by atoms with E-state index >= 15 is 0 Å². The third kappa shape index (κ3) is 3.60. The summed E-state index contributed by atoms with van der Waals surface area (Å²) in [7, 11) is 0. The lowest BCUT2D eigenvalue weighted by atomic mass is 9.42. The van der Waals surface area contributed by atoms with Crippen LogP contribution in [-0.4, -0.2) is 23.2 Å². The first-order valence-electron chi connectivity index (χ1n) is 5.90. The van der Waals surface area contributed by atoms with Crippen LogP contribution in [0, 0.1) is 17.1 Å². The second-order valence-corrected chi connectivity index (χ2v) is 4.78. The molecule has 1 aromatic rings. The van der Waals surface area contributed by atoms with Crippen LogP contribution < -0.4 is 5.32 Å². The van der Waals surface area contributed by atoms with Gasteiger partial charge in [0.05, 0.1) is 0 Å². The van der Waals surface area contributed by atoms with Gasteiger partial charge in [0, 0.05) is 18.7 Å². The summed E-state index contributed by atoms with van der Waals surface area (Å²) in [4.78, 5) is 7.91. The summed E-state index contributed by atoms with van der Waals surface area (Å²) in [5.41, 5.74) is 0. The third-order valence-corrected chi connectivity index (χ3v) is 3.41. The Bertz CT molecular complexity index is 412. The van der Waals surface area contributed by atoms with Crippen molar-refractivity contribution >= 4 is 24.1 Å². The van der Waals surface area contributed by atoms with Crippen LogP contribution in [0.25, 0.3) is 0 Å². The first-order valence-corrected chi connectivity index (χ1v) is 6.28. The van der Waals surface area contributed by atoms with Crippen molar-refractivity contribution in [3.63, 3.8) is 0 Å². The molecule has 1 saturated heterocycles. The van der Waals surface area contributed by atoms with Gasteiger partial charge in [-0.05, 0) is 23.6 Å². The van der Waals surface area contributed by atoms with E-state index in [2.05, 4.69) is 21.3 Å². The topological polar surface area (TPSA) is 61.6 Å². The van der Waals surface area contributed by atoms with Crippen LogP contribution >= 0.6 is 11.6 Å². The lowest BCUT2D eigenvalue weighted by Gasteiger charge is -2.23. The largest absolute Gasteiger partial charge is 0.370 e. The summed E-state index contributed by atoms with van der Waals surface area (Å²) in [6.07, 6.45) is 5.92. The minimum atomic E-state index is 0.264. The highest BCUT2D eigenvalue weighted by atomic mass is 35.5. The van der Waals surface area contributed by atoms with E-state index in [0.29, 0.717) is 5.92 Å². The van der Waals surface area contributed by atoms with E-state index in [1.807, 2.05) is 6.07 Å². The van der Waals surface area contributed by atoms with Gasteiger partial charge in [-0.2, -0.15) is 0 Å². The van der Waals surface area contributed by atoms with E-state index in [-0.39, 0.29) is 12.0 Å². The van der Waals surface area contributed by atoms with Crippen molar-refractivity contribution in [1.82, 2.24) is 9.97 Å². The summed E-state index contributed by atoms with van der Waals surface area (Å²) < 4.78 is 0. The van der Waals surface area contributed by atoms with Crippen LogP contribution in [0.4, 0.5) is 5.82 Å². The van der Waals surface area contributed by atoms with Gasteiger partial charge in [-0.25, -0.2) is 15.2 Å². The number of aromatic nitrogens is 2. The van der Waals surface area contributed by atoms with Gasteiger partial charge < -0.3 is 5.32 Å². The Hall–Kier alpha value is -1.28. The van der Waals surface area contributed by atoms with Gasteiger partial charge in [-0.15, -0.1) is 0 Å². The predicted molar refractivity (Wildman–Crippen MR) is 69.2 cm³/mol. The molecule has 0 spiro atoms. The Morgan fingerprint density at radius 2 is 2.29 bits per heavy atom. The normalized spacial score (nSPS) is 16.6. The molecular formula is C11H14BClN4. The standard InChI is InChI=1S/C11H14BClN4/c13-11-15-6-3-10(17-11)16-7-9-1-4-12(8-14)5-2-9/h3,6,9H,1-2,4-5,7H2,(H,15,16,17). The van der Waals surface area contributed by atoms with Crippen LogP contribution in [0.2, 0.25) is 17.9 Å². The van der Waals surface area contributed by atoms with Crippen LogP contribution in [0.15, 0.2) is 12.3 Å². The number of halogens is 1. The quantitative estimate of drug-likeness (QED) is 0.659. The van der Waals surface area contributed by atoms with E-state index in [1.54, 1.807) is 6.20 Å². The SMILES string of the molecule is N#CB1CCC(CNc2ccnc(Cl)n2)CC1. The van der Waals surface area contributed by atoms with Crippen molar-refractivity contribution in [2.75, 3.05) is 11.9 Å². The molecule has 1 aliphatic heterocycles. The molecule has 0 aromatic carbocycles. The highest BCUT2D eigenvalue weighted by Crippen LogP contribution is 2.25. The Labute approximate surface area is 106 Å². The van der Waals surface area contributed by atoms with E-state index in [1.165, 1.54) is 0 Å². The Morgan fingerprint density at radius 1 is 1.53 bits per heavy atom. The van der Waals surface area contributed by atoms with Crippen LogP contribution in [0.5, 0.6) is 0 Å². The summed E-state index contributed by atoms with van der Waals surface area (Å²) >= 11 is 5.71.